The number of imidazole rings is 1. The molecule has 0 fully saturated rings. The van der Waals surface area contributed by atoms with Crippen LogP contribution in [-0.4, -0.2) is 23.6 Å². The molecule has 0 atom stereocenters. The Kier molecular flexibility index (Phi) is 3.83. The fraction of sp³-hybridized carbons (Fsp3) is 0.222. The Bertz CT molecular complexity index is 953. The quantitative estimate of drug-likeness (QED) is 0.539. The first-order valence-electron chi connectivity index (χ1n) is 7.83. The molecule has 4 rings (SSSR count). The number of hydrogen-bond acceptors (Lipinski definition) is 3. The molecule has 0 N–H and O–H groups in total. The molecule has 0 radical (unpaired) electrons. The molecule has 2 aromatic carbocycles. The van der Waals surface area contributed by atoms with Crippen molar-refractivity contribution in [2.24, 2.45) is 0 Å². The number of halogens is 2. The lowest BCUT2D eigenvalue weighted by atomic mass is 10.1. The van der Waals surface area contributed by atoms with Gasteiger partial charge in [0.15, 0.2) is 29.1 Å². The van der Waals surface area contributed by atoms with Gasteiger partial charge in [-0.05, 0) is 30.3 Å². The van der Waals surface area contributed by atoms with Gasteiger partial charge in [-0.25, -0.2) is 4.57 Å². The topological polar surface area (TPSA) is 44.3 Å². The van der Waals surface area contributed by atoms with E-state index in [-0.39, 0.29) is 12.3 Å². The van der Waals surface area contributed by atoms with Crippen molar-refractivity contribution in [3.8, 4) is 11.5 Å². The Morgan fingerprint density at radius 1 is 1.12 bits per heavy atom. The molecule has 1 aliphatic heterocycles. The normalized spacial score (nSPS) is 13.4. The number of benzene rings is 2. The van der Waals surface area contributed by atoms with E-state index in [1.807, 2.05) is 0 Å². The standard InChI is InChI=1S/C18H15F2N2O3/c19-18(20)22-11-21(13-3-1-2-4-14(13)22)10-15(23)12-5-6-16-17(9-12)25-8-7-24-16/h1-6,9,11,18H,7-8,10H2/q+1. The third-order valence-electron chi connectivity index (χ3n) is 4.12. The molecule has 0 spiro atoms. The Morgan fingerprint density at radius 3 is 2.68 bits per heavy atom. The van der Waals surface area contributed by atoms with Crippen molar-refractivity contribution in [1.29, 1.82) is 0 Å². The lowest BCUT2D eigenvalue weighted by molar-refractivity contribution is -0.658. The van der Waals surface area contributed by atoms with Gasteiger partial charge in [0.1, 0.15) is 13.2 Å². The van der Waals surface area contributed by atoms with Crippen LogP contribution < -0.4 is 14.0 Å². The van der Waals surface area contributed by atoms with Gasteiger partial charge in [-0.15, -0.1) is 0 Å². The first-order chi connectivity index (χ1) is 12.1. The molecule has 128 valence electrons. The van der Waals surface area contributed by atoms with Gasteiger partial charge in [-0.3, -0.25) is 4.79 Å². The average Bonchev–Trinajstić information content (AvgIpc) is 3.00. The molecule has 0 bridgehead atoms. The second kappa shape index (κ2) is 6.16. The molecule has 0 aliphatic carbocycles. The highest BCUT2D eigenvalue weighted by molar-refractivity contribution is 5.96. The molecular weight excluding hydrogens is 330 g/mol. The molecular formula is C18H15F2N2O3+. The second-order valence-electron chi connectivity index (χ2n) is 5.70. The maximum atomic E-state index is 13.2. The molecule has 0 saturated carbocycles. The number of carbonyl (C=O) groups excluding carboxylic acids is 1. The van der Waals surface area contributed by atoms with Crippen LogP contribution in [0.15, 0.2) is 48.8 Å². The zero-order valence-corrected chi connectivity index (χ0v) is 13.2. The van der Waals surface area contributed by atoms with Gasteiger partial charge in [0.05, 0.1) is 0 Å². The van der Waals surface area contributed by atoms with Crippen LogP contribution in [0.5, 0.6) is 11.5 Å². The predicted molar refractivity (Wildman–Crippen MR) is 85.1 cm³/mol. The van der Waals surface area contributed by atoms with Crippen molar-refractivity contribution in [3.05, 3.63) is 54.4 Å². The molecule has 1 aliphatic rings. The SMILES string of the molecule is O=C(C[n+]1cn(C(F)F)c2ccccc21)c1ccc2c(c1)OCCO2. The van der Waals surface area contributed by atoms with Gasteiger partial charge in [0, 0.05) is 5.56 Å². The fourth-order valence-corrected chi connectivity index (χ4v) is 2.94. The number of aromatic nitrogens is 2. The Labute approximate surface area is 142 Å². The van der Waals surface area contributed by atoms with Gasteiger partial charge < -0.3 is 9.47 Å². The largest absolute Gasteiger partial charge is 0.486 e. The monoisotopic (exact) mass is 345 g/mol. The van der Waals surface area contributed by atoms with Gasteiger partial charge in [-0.1, -0.05) is 12.1 Å². The Hall–Kier alpha value is -2.96. The van der Waals surface area contributed by atoms with Crippen molar-refractivity contribution in [1.82, 2.24) is 4.57 Å². The average molecular weight is 345 g/mol. The molecule has 0 amide bonds. The number of nitrogens with zero attached hydrogens (tertiary/aromatic N) is 2. The van der Waals surface area contributed by atoms with Crippen molar-refractivity contribution in [2.45, 2.75) is 13.1 Å². The summed E-state index contributed by atoms with van der Waals surface area (Å²) in [6.45, 7) is -1.81. The van der Waals surface area contributed by atoms with E-state index in [0.717, 1.165) is 4.57 Å². The Balaban J connectivity index is 1.66. The summed E-state index contributed by atoms with van der Waals surface area (Å²) in [5, 5.41) is 0. The fourth-order valence-electron chi connectivity index (χ4n) is 2.94. The Morgan fingerprint density at radius 2 is 1.88 bits per heavy atom. The maximum Gasteiger partial charge on any atom is 0.387 e. The minimum Gasteiger partial charge on any atom is -0.486 e. The van der Waals surface area contributed by atoms with Crippen molar-refractivity contribution < 1.29 is 27.6 Å². The van der Waals surface area contributed by atoms with Crippen LogP contribution >= 0.6 is 0 Å². The van der Waals surface area contributed by atoms with Gasteiger partial charge in [0.2, 0.25) is 12.1 Å². The number of hydrogen-bond donors (Lipinski definition) is 0. The van der Waals surface area contributed by atoms with Gasteiger partial charge >= 0.3 is 6.55 Å². The summed E-state index contributed by atoms with van der Waals surface area (Å²) in [6.07, 6.45) is 1.27. The van der Waals surface area contributed by atoms with E-state index in [1.54, 1.807) is 42.5 Å². The maximum absolute atomic E-state index is 13.2. The first-order valence-corrected chi connectivity index (χ1v) is 7.83. The van der Waals surface area contributed by atoms with E-state index in [0.29, 0.717) is 41.3 Å². The van der Waals surface area contributed by atoms with Crippen molar-refractivity contribution in [3.63, 3.8) is 0 Å². The summed E-state index contributed by atoms with van der Waals surface area (Å²) in [6, 6.07) is 11.7. The molecule has 2 heterocycles. The molecule has 7 heteroatoms. The summed E-state index contributed by atoms with van der Waals surface area (Å²) in [5.74, 6) is 0.931. The highest BCUT2D eigenvalue weighted by Gasteiger charge is 2.24. The minimum atomic E-state index is -2.67. The summed E-state index contributed by atoms with van der Waals surface area (Å²) in [4.78, 5) is 12.6. The molecule has 25 heavy (non-hydrogen) atoms. The molecule has 3 aromatic rings. The van der Waals surface area contributed by atoms with Crippen molar-refractivity contribution in [2.75, 3.05) is 13.2 Å². The molecule has 0 unspecified atom stereocenters. The van der Waals surface area contributed by atoms with Crippen molar-refractivity contribution >= 4 is 16.8 Å². The highest BCUT2D eigenvalue weighted by Crippen LogP contribution is 2.31. The zero-order chi connectivity index (χ0) is 17.4. The number of ether oxygens (including phenoxy) is 2. The highest BCUT2D eigenvalue weighted by atomic mass is 19.3. The summed E-state index contributed by atoms with van der Waals surface area (Å²) in [5.41, 5.74) is 1.41. The third-order valence-corrected chi connectivity index (χ3v) is 4.12. The molecule has 0 saturated heterocycles. The lowest BCUT2D eigenvalue weighted by Gasteiger charge is -2.18. The van der Waals surface area contributed by atoms with E-state index in [1.165, 1.54) is 10.9 Å². The van der Waals surface area contributed by atoms with Gasteiger partial charge in [0.25, 0.3) is 0 Å². The van der Waals surface area contributed by atoms with Crippen LogP contribution in [0.3, 0.4) is 0 Å². The first kappa shape index (κ1) is 15.6. The minimum absolute atomic E-state index is 0.0418. The van der Waals surface area contributed by atoms with Crippen LogP contribution in [0.2, 0.25) is 0 Å². The van der Waals surface area contributed by atoms with Crippen LogP contribution in [-0.2, 0) is 6.54 Å². The zero-order valence-electron chi connectivity index (χ0n) is 13.2. The van der Waals surface area contributed by atoms with E-state index in [4.69, 9.17) is 9.47 Å². The number of carbonyl (C=O) groups is 1. The number of rotatable bonds is 4. The van der Waals surface area contributed by atoms with Crippen LogP contribution in [0, 0.1) is 0 Å². The van der Waals surface area contributed by atoms with E-state index < -0.39 is 6.55 Å². The number of ketones is 1. The van der Waals surface area contributed by atoms with Crippen LogP contribution in [0.1, 0.15) is 16.9 Å². The summed E-state index contributed by atoms with van der Waals surface area (Å²) in [7, 11) is 0. The smallest absolute Gasteiger partial charge is 0.387 e. The summed E-state index contributed by atoms with van der Waals surface area (Å²) < 4.78 is 39.7. The van der Waals surface area contributed by atoms with E-state index in [9.17, 15) is 13.6 Å². The number of alkyl halides is 2. The van der Waals surface area contributed by atoms with Crippen LogP contribution in [0.4, 0.5) is 8.78 Å². The number of Topliss-reactive ketones (excluding diaryl/α,β-unsaturated/α-hetero) is 1. The number of fused-ring (bicyclic) bond motifs is 2. The lowest BCUT2D eigenvalue weighted by Crippen LogP contribution is -2.37. The number of para-hydroxylation sites is 2. The van der Waals surface area contributed by atoms with E-state index in [2.05, 4.69) is 0 Å². The molecule has 5 nitrogen and oxygen atoms in total. The summed E-state index contributed by atoms with van der Waals surface area (Å²) >= 11 is 0. The molecule has 1 aromatic heterocycles. The third kappa shape index (κ3) is 2.82. The second-order valence-corrected chi connectivity index (χ2v) is 5.70. The van der Waals surface area contributed by atoms with E-state index >= 15 is 0 Å². The van der Waals surface area contributed by atoms with Gasteiger partial charge in [-0.2, -0.15) is 13.3 Å². The van der Waals surface area contributed by atoms with Crippen LogP contribution in [0.25, 0.3) is 11.0 Å². The predicted octanol–water partition coefficient (Wildman–Crippen LogP) is 2.98.